The van der Waals surface area contributed by atoms with E-state index in [1.54, 1.807) is 0 Å². The van der Waals surface area contributed by atoms with E-state index in [0.717, 1.165) is 12.8 Å². The summed E-state index contributed by atoms with van der Waals surface area (Å²) in [5.41, 5.74) is 0. The van der Waals surface area contributed by atoms with E-state index >= 15 is 0 Å². The molecule has 0 aromatic carbocycles. The Morgan fingerprint density at radius 1 is 0.882 bits per heavy atom. The fourth-order valence-electron chi connectivity index (χ4n) is 1.84. The third kappa shape index (κ3) is 15.4. The Morgan fingerprint density at radius 3 is 1.82 bits per heavy atom. The molecule has 0 aromatic heterocycles. The number of carbonyl (C=O) groups excluding carboxylic acids is 1. The molecule has 0 unspecified atom stereocenters. The molecule has 0 N–H and O–H groups in total. The summed E-state index contributed by atoms with van der Waals surface area (Å²) in [6, 6.07) is -1.04. The van der Waals surface area contributed by atoms with Crippen molar-refractivity contribution < 1.29 is 10.3 Å². The highest BCUT2D eigenvalue weighted by Crippen LogP contribution is 2.11. The molecule has 100 valence electrons. The second-order valence-electron chi connectivity index (χ2n) is 4.50. The van der Waals surface area contributed by atoms with Gasteiger partial charge >= 0.3 is 0 Å². The number of hydrogen-bond acceptors (Lipinski definition) is 1. The lowest BCUT2D eigenvalue weighted by Crippen LogP contribution is -1.82. The largest absolute Gasteiger partial charge is 0.299 e. The monoisotopic (exact) mass is 242 g/mol. The Bertz CT molecular complexity index is 313. The van der Waals surface area contributed by atoms with Gasteiger partial charge in [0.2, 0.25) is 0 Å². The fourth-order valence-corrected chi connectivity index (χ4v) is 1.84. The fraction of sp³-hybridized carbons (Fsp3) is 0.812. The summed E-state index contributed by atoms with van der Waals surface area (Å²) in [4.78, 5) is 10.4. The lowest BCUT2D eigenvalue weighted by molar-refractivity contribution is -0.104. The molecule has 0 radical (unpaired) electrons. The molecule has 1 heteroatoms. The van der Waals surface area contributed by atoms with Crippen LogP contribution in [0.25, 0.3) is 0 Å². The second-order valence-corrected chi connectivity index (χ2v) is 4.50. The zero-order valence-electron chi connectivity index (χ0n) is 15.3. The van der Waals surface area contributed by atoms with Gasteiger partial charge in [-0.2, -0.15) is 0 Å². The Hall–Kier alpha value is -0.590. The zero-order valence-corrected chi connectivity index (χ0v) is 11.3. The maximum absolute atomic E-state index is 10.4. The molecule has 0 fully saturated rings. The van der Waals surface area contributed by atoms with Gasteiger partial charge < -0.3 is 0 Å². The van der Waals surface area contributed by atoms with Crippen LogP contribution in [0.1, 0.15) is 89.4 Å². The van der Waals surface area contributed by atoms with Crippen LogP contribution in [0, 0.1) is 0 Å². The van der Waals surface area contributed by atoms with E-state index in [2.05, 4.69) is 6.92 Å². The van der Waals surface area contributed by atoms with Crippen LogP contribution in [-0.4, -0.2) is 6.29 Å². The molecule has 0 heterocycles. The molecule has 0 spiro atoms. The summed E-state index contributed by atoms with van der Waals surface area (Å²) in [7, 11) is 0. The molecule has 0 amide bonds. The molecule has 0 aromatic rings. The van der Waals surface area contributed by atoms with E-state index in [-0.39, 0.29) is 12.7 Å². The average Bonchev–Trinajstić information content (AvgIpc) is 2.47. The van der Waals surface area contributed by atoms with Crippen molar-refractivity contribution in [2.24, 2.45) is 0 Å². The normalized spacial score (nSPS) is 16.5. The van der Waals surface area contributed by atoms with Crippen molar-refractivity contribution in [2.75, 3.05) is 0 Å². The molecule has 17 heavy (non-hydrogen) atoms. The van der Waals surface area contributed by atoms with E-state index < -0.39 is 18.5 Å². The first-order chi connectivity index (χ1) is 9.95. The molecule has 0 aliphatic carbocycles. The van der Waals surface area contributed by atoms with Gasteiger partial charge in [-0.1, -0.05) is 77.2 Å². The van der Waals surface area contributed by atoms with Crippen LogP contribution < -0.4 is 0 Å². The molecule has 0 bridgehead atoms. The average molecular weight is 242 g/mol. The van der Waals surface area contributed by atoms with Crippen molar-refractivity contribution in [1.29, 1.82) is 0 Å². The molecule has 0 rings (SSSR count). The Kier molecular flexibility index (Phi) is 9.38. The molecule has 1 nitrogen and oxygen atoms in total. The molecular formula is C16H30O. The molecule has 0 aliphatic heterocycles. The third-order valence-corrected chi connectivity index (χ3v) is 2.87. The van der Waals surface area contributed by atoms with E-state index in [9.17, 15) is 4.79 Å². The summed E-state index contributed by atoms with van der Waals surface area (Å²) in [5.74, 6) is 0. The van der Waals surface area contributed by atoms with Gasteiger partial charge in [0.25, 0.3) is 0 Å². The van der Waals surface area contributed by atoms with Crippen LogP contribution in [0.5, 0.6) is 0 Å². The Morgan fingerprint density at radius 2 is 1.35 bits per heavy atom. The maximum atomic E-state index is 10.4. The maximum Gasteiger partial charge on any atom is 0.142 e. The van der Waals surface area contributed by atoms with Gasteiger partial charge in [-0.15, -0.1) is 0 Å². The quantitative estimate of drug-likeness (QED) is 0.239. The lowest BCUT2D eigenvalue weighted by Gasteiger charge is -2.01. The van der Waals surface area contributed by atoms with Gasteiger partial charge in [-0.05, 0) is 18.8 Å². The van der Waals surface area contributed by atoms with E-state index in [1.165, 1.54) is 44.9 Å². The van der Waals surface area contributed by atoms with Crippen LogP contribution >= 0.6 is 0 Å². The van der Waals surface area contributed by atoms with E-state index in [1.807, 2.05) is 0 Å². The first-order valence-corrected chi connectivity index (χ1v) is 7.09. The smallest absolute Gasteiger partial charge is 0.142 e. The number of rotatable bonds is 13. The van der Waals surface area contributed by atoms with Crippen LogP contribution in [0.2, 0.25) is 0 Å². The van der Waals surface area contributed by atoms with E-state index in [4.69, 9.17) is 5.48 Å². The van der Waals surface area contributed by atoms with Crippen molar-refractivity contribution in [3.05, 3.63) is 12.1 Å². The minimum Gasteiger partial charge on any atom is -0.299 e. The van der Waals surface area contributed by atoms with Gasteiger partial charge in [0.15, 0.2) is 0 Å². The Labute approximate surface area is 113 Å². The summed E-state index contributed by atoms with van der Waals surface area (Å²) >= 11 is 0. The van der Waals surface area contributed by atoms with Gasteiger partial charge in [-0.3, -0.25) is 4.79 Å². The summed E-state index contributed by atoms with van der Waals surface area (Å²) < 4.78 is 30.1. The van der Waals surface area contributed by atoms with E-state index in [0.29, 0.717) is 6.42 Å². The van der Waals surface area contributed by atoms with Gasteiger partial charge in [0.1, 0.15) is 6.29 Å². The number of hydrogen-bond donors (Lipinski definition) is 0. The predicted molar refractivity (Wildman–Crippen MR) is 76.3 cm³/mol. The standard InChI is InChI=1S/C16H30O/c1-2-3-4-5-6-7-8-9-10-11-12-13-14-15-16-17/h14-16H,2-13H2,1H3/b15-14+/i13D2,14D,15D. The minimum atomic E-state index is -1.85. The van der Waals surface area contributed by atoms with Crippen LogP contribution in [0.4, 0.5) is 0 Å². The number of allylic oxidation sites excluding steroid dienone is 2. The van der Waals surface area contributed by atoms with Crippen molar-refractivity contribution >= 4 is 6.29 Å². The minimum absolute atomic E-state index is 0.221. The van der Waals surface area contributed by atoms with Crippen molar-refractivity contribution in [1.82, 2.24) is 0 Å². The summed E-state index contributed by atoms with van der Waals surface area (Å²) in [6.07, 6.45) is 10.4. The van der Waals surface area contributed by atoms with Crippen molar-refractivity contribution in [3.8, 4) is 0 Å². The van der Waals surface area contributed by atoms with Gasteiger partial charge in [0.05, 0.1) is 2.74 Å². The molecule has 0 aliphatic rings. The molecule has 0 saturated carbocycles. The highest BCUT2D eigenvalue weighted by Gasteiger charge is 1.92. The zero-order chi connectivity index (χ0) is 16.1. The number of unbranched alkanes of at least 4 members (excludes halogenated alkanes) is 9. The van der Waals surface area contributed by atoms with Gasteiger partial charge in [-0.25, -0.2) is 0 Å². The van der Waals surface area contributed by atoms with Crippen LogP contribution in [0.3, 0.4) is 0 Å². The third-order valence-electron chi connectivity index (χ3n) is 2.87. The first kappa shape index (κ1) is 10.3. The highest BCUT2D eigenvalue weighted by molar-refractivity contribution is 5.64. The summed E-state index contributed by atoms with van der Waals surface area (Å²) in [6.45, 7) is 2.22. The number of carbonyl (C=O) groups is 1. The summed E-state index contributed by atoms with van der Waals surface area (Å²) in [5, 5.41) is 0. The number of aldehydes is 1. The topological polar surface area (TPSA) is 17.1 Å². The predicted octanol–water partition coefficient (Wildman–Crippen LogP) is 5.44. The second kappa shape index (κ2) is 15.4. The van der Waals surface area contributed by atoms with Crippen LogP contribution in [-0.2, 0) is 4.79 Å². The first-order valence-electron chi connectivity index (χ1n) is 9.09. The SMILES string of the molecule is [2H]/C(C=O)=C(/[2H])C([2H])([2H])CCCCCCCCCCCC. The van der Waals surface area contributed by atoms with Crippen LogP contribution in [0.15, 0.2) is 12.1 Å². The molecule has 0 saturated heterocycles. The molecule has 0 atom stereocenters. The van der Waals surface area contributed by atoms with Gasteiger partial charge in [0, 0.05) is 2.74 Å². The highest BCUT2D eigenvalue weighted by atomic mass is 16.1. The Balaban J connectivity index is 3.65. The van der Waals surface area contributed by atoms with Crippen molar-refractivity contribution in [2.45, 2.75) is 83.9 Å². The molecular weight excluding hydrogens is 208 g/mol. The van der Waals surface area contributed by atoms with Crippen molar-refractivity contribution in [3.63, 3.8) is 0 Å². The lowest BCUT2D eigenvalue weighted by atomic mass is 10.1.